The molecule has 0 saturated carbocycles. The van der Waals surface area contributed by atoms with Gasteiger partial charge in [-0.3, -0.25) is 0 Å². The first-order valence-corrected chi connectivity index (χ1v) is 10.0. The fourth-order valence-electron chi connectivity index (χ4n) is 3.50. The Morgan fingerprint density at radius 1 is 1.04 bits per heavy atom. The van der Waals surface area contributed by atoms with Crippen molar-refractivity contribution in [3.05, 3.63) is 76.8 Å². The summed E-state index contributed by atoms with van der Waals surface area (Å²) in [5.74, 6) is 1.06. The Morgan fingerprint density at radius 2 is 1.79 bits per heavy atom. The Labute approximate surface area is 170 Å². The molecular weight excluding hydrogens is 372 g/mol. The summed E-state index contributed by atoms with van der Waals surface area (Å²) in [6, 6.07) is 17.1. The predicted molar refractivity (Wildman–Crippen MR) is 112 cm³/mol. The van der Waals surface area contributed by atoms with Gasteiger partial charge in [-0.25, -0.2) is 15.8 Å². The second-order valence-electron chi connectivity index (χ2n) is 6.97. The Hall–Kier alpha value is -2.22. The number of halogens is 1. The van der Waals surface area contributed by atoms with E-state index < -0.39 is 0 Å². The maximum atomic E-state index is 6.14. The first-order valence-electron chi connectivity index (χ1n) is 9.65. The molecule has 0 radical (unpaired) electrons. The molecule has 1 saturated heterocycles. The summed E-state index contributed by atoms with van der Waals surface area (Å²) in [5.41, 5.74) is 16.9. The Bertz CT molecular complexity index is 915. The minimum atomic E-state index is 0.00471. The van der Waals surface area contributed by atoms with Gasteiger partial charge in [0, 0.05) is 19.2 Å². The highest BCUT2D eigenvalue weighted by atomic mass is 35.5. The topological polar surface area (TPSA) is 65.9 Å². The van der Waals surface area contributed by atoms with Gasteiger partial charge in [-0.15, -0.1) is 0 Å². The van der Waals surface area contributed by atoms with E-state index in [2.05, 4.69) is 86.9 Å². The van der Waals surface area contributed by atoms with Crippen LogP contribution in [-0.4, -0.2) is 9.55 Å². The number of nitrogens with one attached hydrogen (secondary N) is 4. The number of benzene rings is 2. The van der Waals surface area contributed by atoms with Crippen LogP contribution in [0.1, 0.15) is 42.9 Å². The average Bonchev–Trinajstić information content (AvgIpc) is 3.37. The van der Waals surface area contributed by atoms with Crippen molar-refractivity contribution >= 4 is 11.6 Å². The van der Waals surface area contributed by atoms with E-state index in [0.717, 1.165) is 31.6 Å². The van der Waals surface area contributed by atoms with E-state index in [9.17, 15) is 0 Å². The molecule has 2 aromatic carbocycles. The average molecular weight is 397 g/mol. The number of hydrogen-bond acceptors (Lipinski definition) is 5. The molecular formula is C21H25ClN6. The summed E-state index contributed by atoms with van der Waals surface area (Å²) in [6.07, 6.45) is 5.15. The molecule has 28 heavy (non-hydrogen) atoms. The lowest BCUT2D eigenvalue weighted by Gasteiger charge is -2.15. The molecule has 1 fully saturated rings. The van der Waals surface area contributed by atoms with Crippen LogP contribution in [0, 0.1) is 0 Å². The molecule has 0 amide bonds. The maximum absolute atomic E-state index is 6.14. The van der Waals surface area contributed by atoms with Crippen molar-refractivity contribution in [2.24, 2.45) is 0 Å². The zero-order chi connectivity index (χ0) is 19.3. The minimum Gasteiger partial charge on any atom is -0.329 e. The fourth-order valence-corrected chi connectivity index (χ4v) is 3.71. The van der Waals surface area contributed by atoms with Crippen molar-refractivity contribution in [2.45, 2.75) is 38.9 Å². The normalized spacial score (nSPS) is 14.6. The molecule has 6 nitrogen and oxygen atoms in total. The van der Waals surface area contributed by atoms with Gasteiger partial charge in [0.1, 0.15) is 17.1 Å². The summed E-state index contributed by atoms with van der Waals surface area (Å²) in [4.78, 5) is 4.47. The lowest BCUT2D eigenvalue weighted by Crippen LogP contribution is -2.33. The quantitative estimate of drug-likeness (QED) is 0.490. The minimum absolute atomic E-state index is 0.00471. The highest BCUT2D eigenvalue weighted by Crippen LogP contribution is 2.28. The molecule has 3 aromatic rings. The molecule has 1 aliphatic heterocycles. The highest BCUT2D eigenvalue weighted by molar-refractivity contribution is 6.29. The summed E-state index contributed by atoms with van der Waals surface area (Å²) in [5, 5.41) is 0.565. The van der Waals surface area contributed by atoms with E-state index in [4.69, 9.17) is 11.6 Å². The first kappa shape index (κ1) is 19.1. The van der Waals surface area contributed by atoms with E-state index in [1.807, 2.05) is 6.20 Å². The zero-order valence-corrected chi connectivity index (χ0v) is 16.6. The van der Waals surface area contributed by atoms with Crippen LogP contribution in [0.4, 0.5) is 0 Å². The Balaban J connectivity index is 1.54. The third-order valence-electron chi connectivity index (χ3n) is 4.97. The number of unbranched alkanes of at least 4 members (excludes halogenated alkanes) is 1. The second kappa shape index (κ2) is 8.86. The number of aromatic nitrogens is 2. The van der Waals surface area contributed by atoms with Crippen LogP contribution in [0.5, 0.6) is 0 Å². The third kappa shape index (κ3) is 4.27. The van der Waals surface area contributed by atoms with Crippen molar-refractivity contribution < 1.29 is 0 Å². The molecule has 1 aliphatic rings. The third-order valence-corrected chi connectivity index (χ3v) is 5.15. The Kier molecular flexibility index (Phi) is 6.04. The van der Waals surface area contributed by atoms with Crippen LogP contribution in [0.3, 0.4) is 0 Å². The SMILES string of the molecule is CCCCc1nc(Cl)cn1Cc1ccc(-c2ccccc2C2NNNN2)cc1. The van der Waals surface area contributed by atoms with Gasteiger partial charge in [-0.2, -0.15) is 11.1 Å². The number of aryl methyl sites for hydroxylation is 1. The molecule has 0 bridgehead atoms. The van der Waals surface area contributed by atoms with Gasteiger partial charge in [-0.05, 0) is 28.7 Å². The van der Waals surface area contributed by atoms with Crippen molar-refractivity contribution in [1.82, 2.24) is 31.5 Å². The van der Waals surface area contributed by atoms with Crippen LogP contribution in [0.2, 0.25) is 5.15 Å². The fraction of sp³-hybridized carbons (Fsp3) is 0.286. The van der Waals surface area contributed by atoms with Crippen molar-refractivity contribution in [2.75, 3.05) is 0 Å². The van der Waals surface area contributed by atoms with Crippen LogP contribution in [0.15, 0.2) is 54.7 Å². The van der Waals surface area contributed by atoms with Gasteiger partial charge >= 0.3 is 0 Å². The number of hydrazine groups is 3. The van der Waals surface area contributed by atoms with E-state index in [1.54, 1.807) is 0 Å². The molecule has 4 N–H and O–H groups in total. The predicted octanol–water partition coefficient (Wildman–Crippen LogP) is 3.71. The Morgan fingerprint density at radius 3 is 2.54 bits per heavy atom. The molecule has 146 valence electrons. The summed E-state index contributed by atoms with van der Waals surface area (Å²) in [6.45, 7) is 2.97. The van der Waals surface area contributed by atoms with Crippen LogP contribution < -0.4 is 21.9 Å². The molecule has 0 atom stereocenters. The van der Waals surface area contributed by atoms with Gasteiger partial charge in [0.2, 0.25) is 0 Å². The molecule has 2 heterocycles. The van der Waals surface area contributed by atoms with Gasteiger partial charge in [0.15, 0.2) is 0 Å². The zero-order valence-electron chi connectivity index (χ0n) is 15.9. The molecule has 7 heteroatoms. The number of rotatable bonds is 7. The second-order valence-corrected chi connectivity index (χ2v) is 7.35. The van der Waals surface area contributed by atoms with Crippen LogP contribution >= 0.6 is 11.6 Å². The smallest absolute Gasteiger partial charge is 0.147 e. The van der Waals surface area contributed by atoms with E-state index in [0.29, 0.717) is 5.15 Å². The highest BCUT2D eigenvalue weighted by Gasteiger charge is 2.18. The molecule has 1 aromatic heterocycles. The summed E-state index contributed by atoms with van der Waals surface area (Å²) in [7, 11) is 0. The first-order chi connectivity index (χ1) is 13.7. The van der Waals surface area contributed by atoms with Gasteiger partial charge in [0.05, 0.1) is 0 Å². The van der Waals surface area contributed by atoms with Crippen molar-refractivity contribution in [3.63, 3.8) is 0 Å². The van der Waals surface area contributed by atoms with Crippen LogP contribution in [0.25, 0.3) is 11.1 Å². The van der Waals surface area contributed by atoms with Crippen molar-refractivity contribution in [1.29, 1.82) is 0 Å². The molecule has 4 rings (SSSR count). The number of hydrogen-bond donors (Lipinski definition) is 4. The lowest BCUT2D eigenvalue weighted by molar-refractivity contribution is 0.556. The summed E-state index contributed by atoms with van der Waals surface area (Å²) >= 11 is 6.14. The molecule has 0 aliphatic carbocycles. The number of nitrogens with zero attached hydrogens (tertiary/aromatic N) is 2. The van der Waals surface area contributed by atoms with Gasteiger partial charge in [-0.1, -0.05) is 73.5 Å². The van der Waals surface area contributed by atoms with Crippen LogP contribution in [-0.2, 0) is 13.0 Å². The van der Waals surface area contributed by atoms with Gasteiger partial charge < -0.3 is 4.57 Å². The molecule has 0 spiro atoms. The van der Waals surface area contributed by atoms with Gasteiger partial charge in [0.25, 0.3) is 0 Å². The number of imidazole rings is 1. The largest absolute Gasteiger partial charge is 0.329 e. The standard InChI is InChI=1S/C21H25ClN6/c1-2-3-8-20-23-19(22)14-28(20)13-15-9-11-16(12-10-15)17-6-4-5-7-18(17)21-24-26-27-25-21/h4-7,9-12,14,21,24-27H,2-3,8,13H2,1H3. The van der Waals surface area contributed by atoms with E-state index in [-0.39, 0.29) is 6.17 Å². The lowest BCUT2D eigenvalue weighted by atomic mass is 9.97. The maximum Gasteiger partial charge on any atom is 0.147 e. The molecule has 0 unspecified atom stereocenters. The van der Waals surface area contributed by atoms with E-state index >= 15 is 0 Å². The van der Waals surface area contributed by atoms with Crippen molar-refractivity contribution in [3.8, 4) is 11.1 Å². The van der Waals surface area contributed by atoms with E-state index in [1.165, 1.54) is 22.3 Å². The summed E-state index contributed by atoms with van der Waals surface area (Å²) < 4.78 is 2.16. The monoisotopic (exact) mass is 396 g/mol.